The highest BCUT2D eigenvalue weighted by Crippen LogP contribution is 2.16. The van der Waals surface area contributed by atoms with Gasteiger partial charge in [0.25, 0.3) is 0 Å². The zero-order valence-electron chi connectivity index (χ0n) is 13.5. The molecule has 3 N–H and O–H groups in total. The van der Waals surface area contributed by atoms with Crippen molar-refractivity contribution in [1.29, 1.82) is 0 Å². The van der Waals surface area contributed by atoms with Gasteiger partial charge in [0.05, 0.1) is 0 Å². The molecule has 0 aliphatic rings. The van der Waals surface area contributed by atoms with Crippen molar-refractivity contribution >= 4 is 35.3 Å². The maximum absolute atomic E-state index is 11.8. The predicted octanol–water partition coefficient (Wildman–Crippen LogP) is 3.42. The van der Waals surface area contributed by atoms with Gasteiger partial charge in [0.15, 0.2) is 5.92 Å². The number of aliphatic carboxylic acids is 2. The van der Waals surface area contributed by atoms with E-state index in [4.69, 9.17) is 26.6 Å². The Morgan fingerprint density at radius 1 is 1.00 bits per heavy atom. The molecule has 136 valence electrons. The number of carboxylic acids is 2. The Morgan fingerprint density at radius 3 is 2.31 bits per heavy atom. The fraction of sp³-hybridized carbons (Fsp3) is 0.167. The third-order valence-electron chi connectivity index (χ3n) is 3.47. The molecule has 2 aromatic rings. The Kier molecular flexibility index (Phi) is 6.57. The van der Waals surface area contributed by atoms with Crippen molar-refractivity contribution in [1.82, 2.24) is 0 Å². The molecule has 2 aromatic carbocycles. The molecule has 0 aliphatic heterocycles. The molecule has 7 nitrogen and oxygen atoms in total. The van der Waals surface area contributed by atoms with E-state index >= 15 is 0 Å². The van der Waals surface area contributed by atoms with Crippen molar-refractivity contribution in [2.75, 3.05) is 5.32 Å². The number of carbonyl (C=O) groups excluding carboxylic acids is 1. The van der Waals surface area contributed by atoms with Gasteiger partial charge in [0.2, 0.25) is 0 Å². The molecule has 26 heavy (non-hydrogen) atoms. The van der Waals surface area contributed by atoms with E-state index in [0.717, 1.165) is 0 Å². The number of hydrogen-bond donors (Lipinski definition) is 3. The van der Waals surface area contributed by atoms with E-state index in [-0.39, 0.29) is 13.0 Å². The summed E-state index contributed by atoms with van der Waals surface area (Å²) < 4.78 is 5.10. The van der Waals surface area contributed by atoms with Gasteiger partial charge in [-0.3, -0.25) is 14.9 Å². The maximum Gasteiger partial charge on any atom is 0.411 e. The fourth-order valence-corrected chi connectivity index (χ4v) is 2.42. The van der Waals surface area contributed by atoms with Gasteiger partial charge in [-0.1, -0.05) is 41.9 Å². The monoisotopic (exact) mass is 377 g/mol. The predicted molar refractivity (Wildman–Crippen MR) is 94.2 cm³/mol. The molecule has 0 aromatic heterocycles. The number of amides is 1. The molecule has 1 amide bonds. The van der Waals surface area contributed by atoms with Crippen molar-refractivity contribution in [2.24, 2.45) is 5.92 Å². The Morgan fingerprint density at radius 2 is 1.65 bits per heavy atom. The summed E-state index contributed by atoms with van der Waals surface area (Å²) in [4.78, 5) is 33.8. The number of carbonyl (C=O) groups is 3. The molecule has 0 bridgehead atoms. The molecule has 0 spiro atoms. The van der Waals surface area contributed by atoms with Gasteiger partial charge >= 0.3 is 18.0 Å². The summed E-state index contributed by atoms with van der Waals surface area (Å²) in [5, 5.41) is 20.9. The SMILES string of the molecule is O=C(Nc1cccc(Cl)c1)OCc1cccc(CC(C(=O)O)C(=O)O)c1. The topological polar surface area (TPSA) is 113 Å². The lowest BCUT2D eigenvalue weighted by Gasteiger charge is -2.10. The van der Waals surface area contributed by atoms with Gasteiger partial charge < -0.3 is 14.9 Å². The Labute approximate surface area is 154 Å². The van der Waals surface area contributed by atoms with Crippen LogP contribution in [0.2, 0.25) is 5.02 Å². The summed E-state index contributed by atoms with van der Waals surface area (Å²) in [5.41, 5.74) is 1.62. The van der Waals surface area contributed by atoms with Gasteiger partial charge in [-0.15, -0.1) is 0 Å². The van der Waals surface area contributed by atoms with E-state index in [1.54, 1.807) is 48.5 Å². The Balaban J connectivity index is 1.94. The molecule has 0 aliphatic carbocycles. The van der Waals surface area contributed by atoms with Crippen molar-refractivity contribution in [2.45, 2.75) is 13.0 Å². The smallest absolute Gasteiger partial charge is 0.411 e. The molecule has 0 saturated carbocycles. The van der Waals surface area contributed by atoms with Crippen LogP contribution in [0, 0.1) is 5.92 Å². The minimum absolute atomic E-state index is 0.0505. The van der Waals surface area contributed by atoms with E-state index in [1.165, 1.54) is 0 Å². The minimum Gasteiger partial charge on any atom is -0.481 e. The number of hydrogen-bond acceptors (Lipinski definition) is 4. The number of nitrogens with one attached hydrogen (secondary N) is 1. The first kappa shape index (κ1) is 19.3. The van der Waals surface area contributed by atoms with Crippen molar-refractivity contribution in [3.8, 4) is 0 Å². The van der Waals surface area contributed by atoms with E-state index in [2.05, 4.69) is 5.32 Å². The van der Waals surface area contributed by atoms with E-state index in [0.29, 0.717) is 21.8 Å². The normalized spacial score (nSPS) is 10.4. The molecular weight excluding hydrogens is 362 g/mol. The Bertz CT molecular complexity index is 809. The van der Waals surface area contributed by atoms with Crippen molar-refractivity contribution in [3.05, 3.63) is 64.7 Å². The number of halogens is 1. The Hall–Kier alpha value is -3.06. The lowest BCUT2D eigenvalue weighted by molar-refractivity contribution is -0.154. The number of benzene rings is 2. The van der Waals surface area contributed by atoms with Gasteiger partial charge in [0.1, 0.15) is 6.61 Å². The second-order valence-corrected chi connectivity index (χ2v) is 5.90. The summed E-state index contributed by atoms with van der Waals surface area (Å²) in [6, 6.07) is 13.1. The van der Waals surface area contributed by atoms with Gasteiger partial charge in [0, 0.05) is 10.7 Å². The van der Waals surface area contributed by atoms with Crippen LogP contribution in [0.1, 0.15) is 11.1 Å². The summed E-state index contributed by atoms with van der Waals surface area (Å²) in [6.07, 6.45) is -0.834. The van der Waals surface area contributed by atoms with Crippen molar-refractivity contribution in [3.63, 3.8) is 0 Å². The first-order valence-electron chi connectivity index (χ1n) is 7.58. The number of anilines is 1. The van der Waals surface area contributed by atoms with Crippen LogP contribution in [0.25, 0.3) is 0 Å². The highest BCUT2D eigenvalue weighted by atomic mass is 35.5. The van der Waals surface area contributed by atoms with Crippen LogP contribution in [-0.4, -0.2) is 28.2 Å². The van der Waals surface area contributed by atoms with Crippen LogP contribution >= 0.6 is 11.6 Å². The maximum atomic E-state index is 11.8. The molecule has 2 rings (SSSR count). The lowest BCUT2D eigenvalue weighted by atomic mass is 9.98. The van der Waals surface area contributed by atoms with Gasteiger partial charge in [-0.2, -0.15) is 0 Å². The molecular formula is C18H16ClNO6. The molecule has 0 atom stereocenters. The first-order valence-corrected chi connectivity index (χ1v) is 7.95. The van der Waals surface area contributed by atoms with Crippen LogP contribution in [0.3, 0.4) is 0 Å². The minimum atomic E-state index is -1.53. The summed E-state index contributed by atoms with van der Waals surface area (Å²) in [6.45, 7) is -0.0505. The number of carboxylic acid groups (broad SMARTS) is 2. The second kappa shape index (κ2) is 8.87. The molecule has 0 unspecified atom stereocenters. The third kappa shape index (κ3) is 5.78. The lowest BCUT2D eigenvalue weighted by Crippen LogP contribution is -2.25. The average molecular weight is 378 g/mol. The third-order valence-corrected chi connectivity index (χ3v) is 3.70. The second-order valence-electron chi connectivity index (χ2n) is 5.46. The molecule has 0 saturated heterocycles. The van der Waals surface area contributed by atoms with Crippen LogP contribution in [0.4, 0.5) is 10.5 Å². The zero-order valence-corrected chi connectivity index (χ0v) is 14.3. The quantitative estimate of drug-likeness (QED) is 0.637. The zero-order chi connectivity index (χ0) is 19.1. The van der Waals surface area contributed by atoms with E-state index in [9.17, 15) is 14.4 Å². The highest BCUT2D eigenvalue weighted by molar-refractivity contribution is 6.30. The summed E-state index contributed by atoms with van der Waals surface area (Å²) in [5.74, 6) is -4.34. The van der Waals surface area contributed by atoms with Gasteiger partial charge in [-0.25, -0.2) is 4.79 Å². The van der Waals surface area contributed by atoms with Crippen LogP contribution in [0.5, 0.6) is 0 Å². The molecule has 0 fully saturated rings. The number of ether oxygens (including phenoxy) is 1. The standard InChI is InChI=1S/C18H16ClNO6/c19-13-5-2-6-14(9-13)20-18(25)26-10-12-4-1-3-11(7-12)8-15(16(21)22)17(23)24/h1-7,9,15H,8,10H2,(H,20,25)(H,21,22)(H,23,24). The summed E-state index contributed by atoms with van der Waals surface area (Å²) in [7, 11) is 0. The van der Waals surface area contributed by atoms with Crippen LogP contribution < -0.4 is 5.32 Å². The molecule has 8 heteroatoms. The fourth-order valence-electron chi connectivity index (χ4n) is 2.23. The van der Waals surface area contributed by atoms with E-state index in [1.807, 2.05) is 0 Å². The molecule has 0 heterocycles. The average Bonchev–Trinajstić information content (AvgIpc) is 2.58. The molecule has 0 radical (unpaired) electrons. The van der Waals surface area contributed by atoms with Crippen LogP contribution in [0.15, 0.2) is 48.5 Å². The van der Waals surface area contributed by atoms with Gasteiger partial charge in [-0.05, 0) is 35.7 Å². The summed E-state index contributed by atoms with van der Waals surface area (Å²) >= 11 is 5.83. The van der Waals surface area contributed by atoms with E-state index < -0.39 is 23.9 Å². The number of rotatable bonds is 7. The largest absolute Gasteiger partial charge is 0.481 e. The highest BCUT2D eigenvalue weighted by Gasteiger charge is 2.25. The van der Waals surface area contributed by atoms with Crippen LogP contribution in [-0.2, 0) is 27.4 Å². The first-order chi connectivity index (χ1) is 12.3. The van der Waals surface area contributed by atoms with Crippen molar-refractivity contribution < 1.29 is 29.3 Å².